The molecule has 12 rings (SSSR count). The number of allylic oxidation sites excluding steroid dienone is 3. The maximum Gasteiger partial charge on any atom is 1.00 e. The third kappa shape index (κ3) is 28.4. The minimum Gasteiger partial charge on any atom is -0.512 e. The van der Waals surface area contributed by atoms with E-state index in [2.05, 4.69) is 139 Å². The third-order valence-corrected chi connectivity index (χ3v) is 47.9. The van der Waals surface area contributed by atoms with E-state index < -0.39 is 79.8 Å². The van der Waals surface area contributed by atoms with Gasteiger partial charge in [-0.15, -0.1) is 0 Å². The molecule has 0 unspecified atom stereocenters. The molecule has 0 bridgehead atoms. The van der Waals surface area contributed by atoms with Crippen LogP contribution in [0.2, 0.25) is 0 Å². The molecule has 0 aromatic carbocycles. The molecule has 28 atom stereocenters. The average molecular weight is 2060 g/mol. The van der Waals surface area contributed by atoms with Gasteiger partial charge >= 0.3 is 51.4 Å². The van der Waals surface area contributed by atoms with Crippen LogP contribution in [0.5, 0.6) is 0 Å². The van der Waals surface area contributed by atoms with Gasteiger partial charge in [0.15, 0.2) is 15.8 Å². The summed E-state index contributed by atoms with van der Waals surface area (Å²) in [6.07, 6.45) is 44.9. The second kappa shape index (κ2) is 49.9. The van der Waals surface area contributed by atoms with E-state index >= 15 is 0 Å². The summed E-state index contributed by atoms with van der Waals surface area (Å²) in [7, 11) is -15.2. The van der Waals surface area contributed by atoms with Gasteiger partial charge in [0.25, 0.3) is 0 Å². The zero-order valence-electron chi connectivity index (χ0n) is 87.6. The summed E-state index contributed by atoms with van der Waals surface area (Å²) in [4.78, 5) is 35.1. The zero-order valence-corrected chi connectivity index (χ0v) is 96.1. The zero-order chi connectivity index (χ0) is 99.3. The topological polar surface area (TPSA) is 235 Å². The predicted molar refractivity (Wildman–Crippen MR) is 538 cm³/mol. The first kappa shape index (κ1) is 122. The van der Waals surface area contributed by atoms with Gasteiger partial charge in [-0.25, -0.2) is 38.1 Å². The predicted octanol–water partition coefficient (Wildman–Crippen LogP) is 27.1. The summed E-state index contributed by atoms with van der Waals surface area (Å²) < 4.78 is 146. The van der Waals surface area contributed by atoms with Crippen LogP contribution in [-0.4, -0.2) is 80.9 Å². The van der Waals surface area contributed by atoms with Gasteiger partial charge < -0.3 is 16.6 Å². The minimum absolute atomic E-state index is 0. The molecule has 12 aliphatic carbocycles. The second-order valence-corrected chi connectivity index (χ2v) is 60.9. The second-order valence-electron chi connectivity index (χ2n) is 49.5. The van der Waals surface area contributed by atoms with Crippen molar-refractivity contribution in [3.63, 3.8) is 0 Å². The van der Waals surface area contributed by atoms with Crippen molar-refractivity contribution in [2.45, 2.75) is 438 Å². The summed E-state index contributed by atoms with van der Waals surface area (Å²) in [5.74, 6) is 15.1. The van der Waals surface area contributed by atoms with Crippen molar-refractivity contribution in [3.8, 4) is 6.07 Å². The van der Waals surface area contributed by atoms with Crippen LogP contribution in [0.1, 0.15) is 419 Å². The number of carbonyl (C=O) groups is 3. The number of carbonyl (C=O) groups excluding carboxylic acids is 3. The van der Waals surface area contributed by atoms with Crippen LogP contribution in [-0.2, 0) is 53.7 Å². The number of nitrogens with zero attached hydrogens (tertiary/aromatic N) is 2. The molecule has 0 aromatic rings. The number of hydrogen-bond acceptors (Lipinski definition) is 13. The van der Waals surface area contributed by atoms with Crippen molar-refractivity contribution in [3.05, 3.63) is 40.3 Å². The standard InChI is InChI=1S/C20H35FO2S.2C19H31FO3S.C15H25N.C15H26O.C14H25I.C5H11FO2S.CN.K/c1-14-8-7-13-20(6)16(14)10-11-17(20)15(2)9-12-18(21)24(22,23)19(3,4)5;2*1-13(8-11-17(20)24(22,23)18(2,3)4)14-9-10-15-16(21)7-6-12-19(14,15)5;2*1-11-5-4-9-15(3)13(11)6-7-14(15)12(2)8-10-16;1-10-5-4-8-14(3)12(10)6-7-13(14)11(2)9-15;1-5(2,3)9(7,8)4-6;1-2;/h12,14-17H,7-11,13H2,1-6H3;2*11,13-15H,6-10,12H2,1-5H3;11-14H,4-9H2,1-3H3;10-14H,4-9H2,1-3H3;10-13H,4-9H2,1-3H3;4H2,1-3H3;;/q;;;;;;;-1;+1/b;17-11+;17-11-;;;;;;/t14-,15+,16-,17+,20-;2*13-,14-,15+,19-;2*11-,12+,13-,14+,15-;10-,11+,12-,13+,14-;;;/m011000.../s1. The van der Waals surface area contributed by atoms with Crippen molar-refractivity contribution in [2.75, 3.05) is 10.4 Å². The smallest absolute Gasteiger partial charge is 0.512 e. The van der Waals surface area contributed by atoms with Gasteiger partial charge in [-0.1, -0.05) is 185 Å². The Labute approximate surface area is 855 Å². The Morgan fingerprint density at radius 1 is 0.397 bits per heavy atom. The van der Waals surface area contributed by atoms with E-state index in [1.165, 1.54) is 213 Å². The first-order valence-corrected chi connectivity index (χ1v) is 58.7. The fourth-order valence-electron chi connectivity index (χ4n) is 29.4. The van der Waals surface area contributed by atoms with Crippen molar-refractivity contribution in [2.24, 2.45) is 163 Å². The maximum absolute atomic E-state index is 14.3. The molecule has 13 nitrogen and oxygen atoms in total. The number of nitriles is 1. The van der Waals surface area contributed by atoms with Gasteiger partial charge in [0.05, 0.1) is 25.1 Å². The number of sulfone groups is 4. The molecule has 0 radical (unpaired) electrons. The molecule has 0 aromatic heterocycles. The van der Waals surface area contributed by atoms with Crippen LogP contribution in [0, 0.1) is 186 Å². The summed E-state index contributed by atoms with van der Waals surface area (Å²) in [5, 5.41) is 12.2. The Morgan fingerprint density at radius 3 is 0.863 bits per heavy atom. The molecule has 0 saturated heterocycles. The van der Waals surface area contributed by atoms with Gasteiger partial charge in [-0.2, -0.15) is 18.4 Å². The molecular formula is C108H184F4IKN2O11S4. The van der Waals surface area contributed by atoms with Crippen molar-refractivity contribution in [1.29, 1.82) is 10.5 Å². The quantitative estimate of drug-likeness (QED) is 0.0276. The van der Waals surface area contributed by atoms with Crippen molar-refractivity contribution in [1.82, 2.24) is 0 Å². The minimum atomic E-state index is -3.90. The van der Waals surface area contributed by atoms with Crippen LogP contribution in [0.4, 0.5) is 17.6 Å². The fraction of sp³-hybridized carbons (Fsp3) is 0.898. The molecule has 0 heterocycles. The SMILES string of the molecule is CC(C)(C)S(=O)(=O)CF.C[C@H](C/C=C(/F)S(=O)(=O)C(C)(C)C)[C@H]1CC[C@H]2C(=O)CCC[C@]12C.C[C@H](C/C=C(\F)S(=O)(=O)C(C)(C)C)[C@H]1CC[C@H]2C(=O)CCC[C@]12C.C[C@H](CC#N)[C@H]1CC[C@H]2[C@@H](C)CCC[C@]12C.C[C@H](CC=C(F)S(=O)(=O)C(C)(C)C)[C@H]1CC[C@H]2[C@@H](C)CCC[C@]12C.C[C@H](CC=O)[C@H]1CC[C@H]2[C@@H](C)CCC[C@]12C.C[C@H](CI)[C@H]1CC[C@H]2[C@@H](C)CCC[C@]12C.[C-]#N.[K+]. The number of ketones is 2. The van der Waals surface area contributed by atoms with Crippen LogP contribution < -0.4 is 51.4 Å². The van der Waals surface area contributed by atoms with Crippen LogP contribution >= 0.6 is 22.6 Å². The molecule has 12 fully saturated rings. The number of aldehydes is 1. The van der Waals surface area contributed by atoms with Gasteiger partial charge in [0.2, 0.25) is 45.0 Å². The molecule has 0 spiro atoms. The van der Waals surface area contributed by atoms with E-state index in [1.807, 2.05) is 0 Å². The van der Waals surface area contributed by atoms with Crippen molar-refractivity contribution < 1.29 is 117 Å². The molecule has 0 amide bonds. The fourth-order valence-corrected chi connectivity index (χ4v) is 33.0. The van der Waals surface area contributed by atoms with Gasteiger partial charge in [0, 0.05) is 41.9 Å². The summed E-state index contributed by atoms with van der Waals surface area (Å²) in [6, 6.07) is 1.10. The number of Topliss-reactive ketones (excluding diaryl/α,β-unsaturated/α-hetero) is 2. The van der Waals surface area contributed by atoms with Gasteiger partial charge in [-0.05, 0) is 400 Å². The Bertz CT molecular complexity index is 4220. The van der Waals surface area contributed by atoms with E-state index in [0.29, 0.717) is 101 Å². The number of alkyl halides is 2. The summed E-state index contributed by atoms with van der Waals surface area (Å²) in [6.45, 7) is 60.4. The Kier molecular flexibility index (Phi) is 46.6. The van der Waals surface area contributed by atoms with E-state index in [-0.39, 0.29) is 85.9 Å². The summed E-state index contributed by atoms with van der Waals surface area (Å²) >= 11 is 2.58. The van der Waals surface area contributed by atoms with E-state index in [1.54, 1.807) is 20.8 Å². The van der Waals surface area contributed by atoms with E-state index in [0.717, 1.165) is 142 Å². The molecule has 752 valence electrons. The normalized spacial score (nSPS) is 36.3. The summed E-state index contributed by atoms with van der Waals surface area (Å²) in [5.41, 5.74) is 2.14. The molecule has 12 saturated carbocycles. The Balaban J connectivity index is 0.000000324. The van der Waals surface area contributed by atoms with Crippen LogP contribution in [0.3, 0.4) is 0 Å². The van der Waals surface area contributed by atoms with Crippen LogP contribution in [0.25, 0.3) is 0 Å². The molecular weight excluding hydrogens is 1870 g/mol. The molecule has 131 heavy (non-hydrogen) atoms. The Morgan fingerprint density at radius 2 is 0.634 bits per heavy atom. The number of hydrogen-bond donors (Lipinski definition) is 0. The average Bonchev–Trinajstić information content (AvgIpc) is 1.64. The molecule has 0 N–H and O–H groups in total. The van der Waals surface area contributed by atoms with Gasteiger partial charge in [-0.3, -0.25) is 9.59 Å². The Hall–Kier alpha value is -0.904. The van der Waals surface area contributed by atoms with E-state index in [9.17, 15) is 65.6 Å². The maximum atomic E-state index is 14.3. The molecule has 12 aliphatic rings. The monoisotopic (exact) mass is 2060 g/mol. The third-order valence-electron chi connectivity index (χ3n) is 37.5. The van der Waals surface area contributed by atoms with E-state index in [4.69, 9.17) is 17.1 Å². The number of fused-ring (bicyclic) bond motifs is 6. The number of rotatable bonds is 20. The van der Waals surface area contributed by atoms with Crippen LogP contribution in [0.15, 0.2) is 33.7 Å². The van der Waals surface area contributed by atoms with Gasteiger partial charge in [0.1, 0.15) is 17.9 Å². The molecule has 23 heteroatoms. The first-order valence-electron chi connectivity index (χ1n) is 51.1. The largest absolute Gasteiger partial charge is 1.00 e. The number of halogens is 5. The molecule has 0 aliphatic heterocycles. The van der Waals surface area contributed by atoms with Crippen molar-refractivity contribution >= 4 is 79.8 Å². The first-order chi connectivity index (χ1) is 59.8.